The molecule has 0 aliphatic heterocycles. The van der Waals surface area contributed by atoms with E-state index in [0.29, 0.717) is 12.1 Å². The van der Waals surface area contributed by atoms with Crippen LogP contribution in [0.2, 0.25) is 0 Å². The average Bonchev–Trinajstić information content (AvgIpc) is 2.35. The predicted octanol–water partition coefficient (Wildman–Crippen LogP) is 2.85. The fourth-order valence-electron chi connectivity index (χ4n) is 2.62. The van der Waals surface area contributed by atoms with Crippen LogP contribution < -0.4 is 5.32 Å². The molecule has 1 N–H and O–H groups in total. The maximum atomic E-state index is 11.4. The molecule has 0 bridgehead atoms. The fourth-order valence-corrected chi connectivity index (χ4v) is 2.62. The first kappa shape index (κ1) is 16.7. The first-order valence-electron chi connectivity index (χ1n) is 7.47. The van der Waals surface area contributed by atoms with Gasteiger partial charge < -0.3 is 5.32 Å². The lowest BCUT2D eigenvalue weighted by Crippen LogP contribution is -2.48. The summed E-state index contributed by atoms with van der Waals surface area (Å²) < 4.78 is 0. The topological polar surface area (TPSA) is 32.3 Å². The summed E-state index contributed by atoms with van der Waals surface area (Å²) in [7, 11) is 0. The molecule has 1 aromatic carbocycles. The van der Waals surface area contributed by atoms with Gasteiger partial charge in [0.05, 0.1) is 0 Å². The van der Waals surface area contributed by atoms with Crippen molar-refractivity contribution < 1.29 is 4.79 Å². The highest BCUT2D eigenvalue weighted by Gasteiger charge is 2.20. The summed E-state index contributed by atoms with van der Waals surface area (Å²) in [6.07, 6.45) is 0.871. The molecule has 0 saturated heterocycles. The van der Waals surface area contributed by atoms with Crippen LogP contribution in [0.1, 0.15) is 40.2 Å². The fraction of sp³-hybridized carbons (Fsp3) is 0.588. The van der Waals surface area contributed by atoms with E-state index in [-0.39, 0.29) is 11.9 Å². The second kappa shape index (κ2) is 8.05. The smallest absolute Gasteiger partial charge is 0.217 e. The van der Waals surface area contributed by atoms with Gasteiger partial charge in [0.2, 0.25) is 5.91 Å². The maximum Gasteiger partial charge on any atom is 0.217 e. The Kier molecular flexibility index (Phi) is 6.73. The van der Waals surface area contributed by atoms with Gasteiger partial charge in [-0.15, -0.1) is 0 Å². The Bertz CT molecular complexity index is 393. The molecule has 3 nitrogen and oxygen atoms in total. The number of nitrogens with one attached hydrogen (secondary N) is 1. The van der Waals surface area contributed by atoms with Crippen LogP contribution in [0.3, 0.4) is 0 Å². The molecule has 1 unspecified atom stereocenters. The predicted molar refractivity (Wildman–Crippen MR) is 84.7 cm³/mol. The largest absolute Gasteiger partial charge is 0.352 e. The van der Waals surface area contributed by atoms with Crippen molar-refractivity contribution in [3.63, 3.8) is 0 Å². The summed E-state index contributed by atoms with van der Waals surface area (Å²) in [5.74, 6) is 0.0402. The minimum atomic E-state index is 0.0402. The molecule has 20 heavy (non-hydrogen) atoms. The van der Waals surface area contributed by atoms with Crippen molar-refractivity contribution in [3.05, 3.63) is 35.9 Å². The van der Waals surface area contributed by atoms with E-state index in [0.717, 1.165) is 13.0 Å². The van der Waals surface area contributed by atoms with Crippen LogP contribution in [0.15, 0.2) is 30.3 Å². The lowest BCUT2D eigenvalue weighted by atomic mass is 10.0. The van der Waals surface area contributed by atoms with Gasteiger partial charge in [0.15, 0.2) is 0 Å². The monoisotopic (exact) mass is 276 g/mol. The quantitative estimate of drug-likeness (QED) is 0.830. The number of hydrogen-bond donors (Lipinski definition) is 1. The third kappa shape index (κ3) is 5.74. The molecule has 0 spiro atoms. The van der Waals surface area contributed by atoms with E-state index in [9.17, 15) is 4.79 Å². The van der Waals surface area contributed by atoms with E-state index in [2.05, 4.69) is 50.0 Å². The number of carbonyl (C=O) groups excluding carboxylic acids is 1. The first-order chi connectivity index (χ1) is 9.40. The lowest BCUT2D eigenvalue weighted by Gasteiger charge is -2.34. The minimum absolute atomic E-state index is 0.0402. The zero-order chi connectivity index (χ0) is 15.1. The molecule has 0 heterocycles. The van der Waals surface area contributed by atoms with Crippen LogP contribution in [-0.4, -0.2) is 35.5 Å². The molecule has 0 radical (unpaired) electrons. The number of hydrogen-bond acceptors (Lipinski definition) is 2. The molecule has 112 valence electrons. The number of rotatable bonds is 7. The Labute approximate surface area is 123 Å². The van der Waals surface area contributed by atoms with Crippen LogP contribution in [0.25, 0.3) is 0 Å². The van der Waals surface area contributed by atoms with Gasteiger partial charge in [-0.1, -0.05) is 30.3 Å². The summed E-state index contributed by atoms with van der Waals surface area (Å²) in [6, 6.07) is 11.4. The molecule has 0 fully saturated rings. The maximum absolute atomic E-state index is 11.4. The first-order valence-corrected chi connectivity index (χ1v) is 7.47. The summed E-state index contributed by atoms with van der Waals surface area (Å²) in [5, 5.41) is 3.09. The van der Waals surface area contributed by atoms with Crippen molar-refractivity contribution >= 4 is 5.91 Å². The molecule has 1 rings (SSSR count). The van der Waals surface area contributed by atoms with Crippen LogP contribution in [0.5, 0.6) is 0 Å². The highest BCUT2D eigenvalue weighted by Crippen LogP contribution is 2.10. The van der Waals surface area contributed by atoms with Crippen molar-refractivity contribution in [1.82, 2.24) is 10.2 Å². The zero-order valence-corrected chi connectivity index (χ0v) is 13.4. The summed E-state index contributed by atoms with van der Waals surface area (Å²) in [5.41, 5.74) is 1.26. The standard InChI is InChI=1S/C17H28N2O/c1-13(2)19(14(3)4)12-17(18-15(5)20)11-16-9-7-6-8-10-16/h6-10,13-14,17H,11-12H2,1-5H3,(H,18,20). The molecule has 3 heteroatoms. The van der Waals surface area contributed by atoms with E-state index in [1.807, 2.05) is 18.2 Å². The average molecular weight is 276 g/mol. The minimum Gasteiger partial charge on any atom is -0.352 e. The summed E-state index contributed by atoms with van der Waals surface area (Å²) >= 11 is 0. The molecule has 0 aliphatic carbocycles. The third-order valence-corrected chi connectivity index (χ3v) is 3.49. The molecule has 1 aromatic rings. The van der Waals surface area contributed by atoms with E-state index in [1.165, 1.54) is 5.56 Å². The van der Waals surface area contributed by atoms with Gasteiger partial charge in [-0.25, -0.2) is 0 Å². The van der Waals surface area contributed by atoms with Crippen LogP contribution in [0.4, 0.5) is 0 Å². The van der Waals surface area contributed by atoms with E-state index in [1.54, 1.807) is 6.92 Å². The SMILES string of the molecule is CC(=O)NC(Cc1ccccc1)CN(C(C)C)C(C)C. The van der Waals surface area contributed by atoms with Gasteiger partial charge in [-0.3, -0.25) is 9.69 Å². The van der Waals surface area contributed by atoms with E-state index < -0.39 is 0 Å². The molecule has 0 aliphatic rings. The van der Waals surface area contributed by atoms with E-state index in [4.69, 9.17) is 0 Å². The van der Waals surface area contributed by atoms with Gasteiger partial charge >= 0.3 is 0 Å². The van der Waals surface area contributed by atoms with Crippen LogP contribution in [0, 0.1) is 0 Å². The van der Waals surface area contributed by atoms with Crippen molar-refractivity contribution in [2.75, 3.05) is 6.54 Å². The third-order valence-electron chi connectivity index (χ3n) is 3.49. The number of nitrogens with zero attached hydrogens (tertiary/aromatic N) is 1. The van der Waals surface area contributed by atoms with Crippen LogP contribution in [-0.2, 0) is 11.2 Å². The lowest BCUT2D eigenvalue weighted by molar-refractivity contribution is -0.119. The molecule has 1 amide bonds. The number of carbonyl (C=O) groups is 1. The Morgan fingerprint density at radius 2 is 1.65 bits per heavy atom. The zero-order valence-electron chi connectivity index (χ0n) is 13.4. The van der Waals surface area contributed by atoms with Crippen molar-refractivity contribution in [1.29, 1.82) is 0 Å². The highest BCUT2D eigenvalue weighted by molar-refractivity contribution is 5.73. The molecular formula is C17H28N2O. The molecule has 0 saturated carbocycles. The Hall–Kier alpha value is -1.35. The van der Waals surface area contributed by atoms with Gasteiger partial charge in [-0.05, 0) is 39.7 Å². The van der Waals surface area contributed by atoms with Gasteiger partial charge in [-0.2, -0.15) is 0 Å². The normalized spacial score (nSPS) is 13.0. The second-order valence-electron chi connectivity index (χ2n) is 5.97. The van der Waals surface area contributed by atoms with E-state index >= 15 is 0 Å². The van der Waals surface area contributed by atoms with Crippen molar-refractivity contribution in [2.45, 2.75) is 59.2 Å². The molecular weight excluding hydrogens is 248 g/mol. The van der Waals surface area contributed by atoms with Gasteiger partial charge in [0.25, 0.3) is 0 Å². The summed E-state index contributed by atoms with van der Waals surface area (Å²) in [4.78, 5) is 13.9. The summed E-state index contributed by atoms with van der Waals surface area (Å²) in [6.45, 7) is 11.3. The second-order valence-corrected chi connectivity index (χ2v) is 5.97. The molecule has 0 aromatic heterocycles. The number of benzene rings is 1. The van der Waals surface area contributed by atoms with Gasteiger partial charge in [0.1, 0.15) is 0 Å². The highest BCUT2D eigenvalue weighted by atomic mass is 16.1. The Balaban J connectivity index is 2.75. The van der Waals surface area contributed by atoms with Gasteiger partial charge in [0, 0.05) is 31.6 Å². The van der Waals surface area contributed by atoms with Crippen LogP contribution >= 0.6 is 0 Å². The Morgan fingerprint density at radius 3 is 2.10 bits per heavy atom. The van der Waals surface area contributed by atoms with Crippen molar-refractivity contribution in [3.8, 4) is 0 Å². The number of amides is 1. The van der Waals surface area contributed by atoms with Crippen molar-refractivity contribution in [2.24, 2.45) is 0 Å². The Morgan fingerprint density at radius 1 is 1.10 bits per heavy atom. The molecule has 1 atom stereocenters.